The van der Waals surface area contributed by atoms with Gasteiger partial charge in [0.15, 0.2) is 5.78 Å². The van der Waals surface area contributed by atoms with E-state index in [4.69, 9.17) is 11.5 Å². The summed E-state index contributed by atoms with van der Waals surface area (Å²) in [5.41, 5.74) is 17.7. The number of rotatable bonds is 12. The number of amides is 9. The number of carbonyl (C=O) groups excluding carboxylic acids is 10. The molecular formula is C71H84FN11O11S2. The smallest absolute Gasteiger partial charge is 0.246 e. The molecule has 96 heavy (non-hydrogen) atoms. The van der Waals surface area contributed by atoms with Gasteiger partial charge in [-0.3, -0.25) is 47.9 Å². The molecule has 2 saturated heterocycles. The molecule has 8 atom stereocenters. The Morgan fingerprint density at radius 1 is 0.635 bits per heavy atom. The lowest BCUT2D eigenvalue weighted by molar-refractivity contribution is -0.143. The Balaban J connectivity index is 1.00. The van der Waals surface area contributed by atoms with Crippen molar-refractivity contribution in [1.29, 1.82) is 0 Å². The number of phenols is 1. The van der Waals surface area contributed by atoms with Gasteiger partial charge in [-0.15, -0.1) is 0 Å². The van der Waals surface area contributed by atoms with Crippen LogP contribution in [0.25, 0.3) is 22.0 Å². The maximum Gasteiger partial charge on any atom is 0.246 e. The summed E-state index contributed by atoms with van der Waals surface area (Å²) in [7, 11) is 0. The van der Waals surface area contributed by atoms with Crippen molar-refractivity contribution in [1.82, 2.24) is 46.7 Å². The van der Waals surface area contributed by atoms with Crippen LogP contribution < -0.4 is 43.4 Å². The number of fused-ring (bicyclic) bond motifs is 5. The molecule has 1 aromatic heterocycles. The Labute approximate surface area is 565 Å². The molecule has 22 nitrogen and oxygen atoms in total. The van der Waals surface area contributed by atoms with Crippen molar-refractivity contribution in [2.45, 2.75) is 138 Å². The first-order chi connectivity index (χ1) is 46.3. The van der Waals surface area contributed by atoms with E-state index in [1.54, 1.807) is 24.4 Å². The fraction of sp³-hybridized carbons (Fsp3) is 0.408. The van der Waals surface area contributed by atoms with Crippen molar-refractivity contribution < 1.29 is 57.4 Å². The number of H-pyrrole nitrogens is 1. The van der Waals surface area contributed by atoms with Crippen molar-refractivity contribution in [3.05, 3.63) is 161 Å². The molecule has 4 heterocycles. The zero-order valence-electron chi connectivity index (χ0n) is 53.7. The number of carbonyl (C=O) groups is 10. The summed E-state index contributed by atoms with van der Waals surface area (Å²) >= 11 is 2.89. The van der Waals surface area contributed by atoms with E-state index in [-0.39, 0.29) is 75.4 Å². The van der Waals surface area contributed by atoms with Gasteiger partial charge in [0, 0.05) is 84.8 Å². The van der Waals surface area contributed by atoms with Crippen LogP contribution in [0.2, 0.25) is 0 Å². The average Bonchev–Trinajstić information content (AvgIpc) is 1.55. The predicted octanol–water partition coefficient (Wildman–Crippen LogP) is 5.01. The van der Waals surface area contributed by atoms with Gasteiger partial charge in [0.2, 0.25) is 53.2 Å². The number of hydrogen-bond donors (Lipinski definition) is 10. The van der Waals surface area contributed by atoms with Crippen LogP contribution in [0, 0.1) is 11.7 Å². The summed E-state index contributed by atoms with van der Waals surface area (Å²) in [4.78, 5) is 149. The van der Waals surface area contributed by atoms with Crippen molar-refractivity contribution in [2.24, 2.45) is 17.4 Å². The van der Waals surface area contributed by atoms with Gasteiger partial charge in [0.1, 0.15) is 53.9 Å². The third-order valence-electron chi connectivity index (χ3n) is 17.6. The van der Waals surface area contributed by atoms with Crippen LogP contribution in [0.5, 0.6) is 5.75 Å². The molecule has 508 valence electrons. The molecular weight excluding hydrogens is 1270 g/mol. The number of nitrogens with two attached hydrogens (primary N) is 2. The quantitative estimate of drug-likeness (QED) is 0.0721. The lowest BCUT2D eigenvalue weighted by Gasteiger charge is -2.31. The first-order valence-electron chi connectivity index (χ1n) is 32.6. The van der Waals surface area contributed by atoms with E-state index in [1.165, 1.54) is 64.5 Å². The van der Waals surface area contributed by atoms with Crippen molar-refractivity contribution >= 4 is 93.4 Å². The number of nitrogens with zero attached hydrogens (tertiary/aromatic N) is 2. The third kappa shape index (κ3) is 19.8. The van der Waals surface area contributed by atoms with E-state index < -0.39 is 120 Å². The number of benzene rings is 5. The summed E-state index contributed by atoms with van der Waals surface area (Å²) in [6, 6.07) is 26.8. The van der Waals surface area contributed by atoms with Crippen LogP contribution in [0.3, 0.4) is 0 Å². The van der Waals surface area contributed by atoms with Crippen molar-refractivity contribution in [3.8, 4) is 16.9 Å². The maximum atomic E-state index is 15.3. The number of nitrogens with one attached hydrogen (secondary N) is 7. The summed E-state index contributed by atoms with van der Waals surface area (Å²) in [5.74, 6) is -6.55. The van der Waals surface area contributed by atoms with Gasteiger partial charge in [0.05, 0.1) is 6.54 Å². The van der Waals surface area contributed by atoms with Crippen LogP contribution in [0.4, 0.5) is 4.39 Å². The largest absolute Gasteiger partial charge is 0.508 e. The number of aromatic nitrogens is 1. The molecule has 2 bridgehead atoms. The minimum atomic E-state index is -1.33. The number of aromatic hydroxyl groups is 1. The van der Waals surface area contributed by atoms with Crippen LogP contribution in [0.15, 0.2) is 128 Å². The molecule has 6 aromatic rings. The molecule has 3 aliphatic rings. The fourth-order valence-electron chi connectivity index (χ4n) is 12.4. The number of thioether (sulfide) groups is 2. The summed E-state index contributed by atoms with van der Waals surface area (Å²) < 4.78 is 14.9. The molecule has 0 spiro atoms. The van der Waals surface area contributed by atoms with Crippen LogP contribution in [-0.4, -0.2) is 159 Å². The predicted molar refractivity (Wildman–Crippen MR) is 366 cm³/mol. The lowest BCUT2D eigenvalue weighted by atomic mass is 9.92. The Morgan fingerprint density at radius 2 is 1.25 bits per heavy atom. The fourth-order valence-corrected chi connectivity index (χ4v) is 14.3. The maximum absolute atomic E-state index is 15.3. The first kappa shape index (κ1) is 71.2. The molecule has 0 radical (unpaired) electrons. The number of halogens is 1. The Kier molecular flexibility index (Phi) is 25.6. The van der Waals surface area contributed by atoms with Crippen molar-refractivity contribution in [2.75, 3.05) is 37.7 Å². The van der Waals surface area contributed by atoms with Gasteiger partial charge >= 0.3 is 0 Å². The van der Waals surface area contributed by atoms with Crippen LogP contribution in [-0.2, 0) is 78.7 Å². The summed E-state index contributed by atoms with van der Waals surface area (Å²) in [6.07, 6.45) is 3.53. The van der Waals surface area contributed by atoms with E-state index in [9.17, 15) is 47.9 Å². The minimum absolute atomic E-state index is 0.0318. The van der Waals surface area contributed by atoms with E-state index in [0.717, 1.165) is 22.3 Å². The summed E-state index contributed by atoms with van der Waals surface area (Å²) in [5, 5.41) is 27.4. The number of aromatic amines is 1. The molecule has 9 rings (SSSR count). The average molecular weight is 1350 g/mol. The van der Waals surface area contributed by atoms with E-state index in [1.807, 2.05) is 78.9 Å². The topological polar surface area (TPSA) is 337 Å². The molecule has 12 N–H and O–H groups in total. The van der Waals surface area contributed by atoms with Crippen molar-refractivity contribution in [3.63, 3.8) is 0 Å². The van der Waals surface area contributed by atoms with Gasteiger partial charge in [-0.25, -0.2) is 4.39 Å². The number of ketones is 1. The SMILES string of the molecule is C[C@@H]1NC(=O)[C@@H]2CCCN2C(=O)[C@H](Cc2ccc(-c3ccccc3)cc2)NC(=O)[C@H](Cc2c[nH]c3ccc(F)cc23)CC(=O)CNC(=O)[C@H](CCCCN)NC(=O)CCSCc2cccc(c2)CSC[C@@H](C(N)=O)NC(=O)[C@@H]2CCCN2C(=O)[C@H](Cc2ccc(O)cc2)NC1=O. The Morgan fingerprint density at radius 3 is 1.90 bits per heavy atom. The second-order valence-electron chi connectivity index (χ2n) is 24.7. The third-order valence-corrected chi connectivity index (χ3v) is 19.7. The highest BCUT2D eigenvalue weighted by molar-refractivity contribution is 7.98. The number of unbranched alkanes of at least 4 members (excludes halogenated alkanes) is 1. The van der Waals surface area contributed by atoms with Crippen LogP contribution in [0.1, 0.15) is 92.5 Å². The van der Waals surface area contributed by atoms with Gasteiger partial charge in [-0.1, -0.05) is 91.0 Å². The molecule has 9 amide bonds. The second-order valence-corrected chi connectivity index (χ2v) is 26.9. The molecule has 5 aromatic carbocycles. The molecule has 25 heteroatoms. The lowest BCUT2D eigenvalue weighted by Crippen LogP contribution is -2.59. The zero-order chi connectivity index (χ0) is 68.3. The molecule has 0 aliphatic carbocycles. The number of phenolic OH excluding ortho intramolecular Hbond substituents is 1. The van der Waals surface area contributed by atoms with E-state index in [2.05, 4.69) is 36.9 Å². The minimum Gasteiger partial charge on any atom is -0.508 e. The van der Waals surface area contributed by atoms with Gasteiger partial charge in [-0.2, -0.15) is 23.5 Å². The molecule has 0 saturated carbocycles. The number of hydrogen-bond acceptors (Lipinski definition) is 14. The molecule has 2 fully saturated rings. The van der Waals surface area contributed by atoms with E-state index >= 15 is 9.59 Å². The standard InChI is InChI=1S/C71H84FN11O11S2/c1-43-65(88)79-58(34-45-19-24-53(84)25-20-45)70(93)83-30-9-16-62(83)69(92)81-60(64(74)87)42-96-41-47-11-7-10-46(32-47)40-95-31-27-63(86)78-57(14-5-6-28-73)67(90)76-39-54(85)36-50(35-51-38-75-56-26-23-52(72)37-55(51)56)66(89)80-59(71(94)82-29-8-15-61(82)68(91)77-43)33-44-17-21-49(22-18-44)48-12-3-2-4-13-48/h2-4,7,10-13,17-26,32,37-38,43,50,57-62,75,84H,5-6,8-9,14-16,27-31,33-36,39-42,73H2,1H3,(H2,74,87)(H,76,90)(H,77,91)(H,78,86)(H,79,88)(H,80,89)(H,81,92)/t43-,50+,57-,58-,59-,60-,61-,62-/m0/s1. The second kappa shape index (κ2) is 34.6. The van der Waals surface area contributed by atoms with Gasteiger partial charge in [-0.05, 0) is 134 Å². The molecule has 3 aliphatic heterocycles. The number of primary amides is 1. The first-order valence-corrected chi connectivity index (χ1v) is 34.9. The normalized spacial score (nSPS) is 23.2. The Hall–Kier alpha value is -9.07. The molecule has 0 unspecified atom stereocenters. The van der Waals surface area contributed by atoms with E-state index in [0.29, 0.717) is 77.1 Å². The number of Topliss-reactive ketones (excluding diaryl/α,β-unsaturated/α-hetero) is 1. The van der Waals surface area contributed by atoms with Gasteiger partial charge < -0.3 is 63.3 Å². The Bertz CT molecular complexity index is 3750. The van der Waals surface area contributed by atoms with Crippen LogP contribution >= 0.6 is 23.5 Å². The highest BCUT2D eigenvalue weighted by Crippen LogP contribution is 2.28. The highest BCUT2D eigenvalue weighted by Gasteiger charge is 2.42. The highest BCUT2D eigenvalue weighted by atomic mass is 32.2. The summed E-state index contributed by atoms with van der Waals surface area (Å²) in [6.45, 7) is 1.50. The van der Waals surface area contributed by atoms with Gasteiger partial charge in [0.25, 0.3) is 0 Å². The monoisotopic (exact) mass is 1350 g/mol. The zero-order valence-corrected chi connectivity index (χ0v) is 55.3.